The molecule has 160 valence electrons. The number of hydrogen-bond donors (Lipinski definition) is 1. The largest absolute Gasteiger partial charge is 0.497 e. The Morgan fingerprint density at radius 1 is 1.10 bits per heavy atom. The van der Waals surface area contributed by atoms with E-state index < -0.39 is 0 Å². The molecule has 7 nitrogen and oxygen atoms in total. The maximum atomic E-state index is 12.5. The van der Waals surface area contributed by atoms with Gasteiger partial charge in [0.25, 0.3) is 0 Å². The van der Waals surface area contributed by atoms with Crippen LogP contribution in [0.2, 0.25) is 0 Å². The van der Waals surface area contributed by atoms with Crippen molar-refractivity contribution < 1.29 is 14.3 Å². The van der Waals surface area contributed by atoms with E-state index in [4.69, 9.17) is 9.47 Å². The van der Waals surface area contributed by atoms with Gasteiger partial charge in [0.1, 0.15) is 17.3 Å². The van der Waals surface area contributed by atoms with Crippen LogP contribution in [0.1, 0.15) is 12.1 Å². The normalized spacial score (nSPS) is 10.9. The second kappa shape index (κ2) is 9.40. The number of fused-ring (bicyclic) bond motifs is 1. The number of thiazole rings is 1. The predicted octanol–water partition coefficient (Wildman–Crippen LogP) is 4.93. The molecular formula is C22H22N4O3S2. The highest BCUT2D eigenvalue weighted by atomic mass is 32.2. The van der Waals surface area contributed by atoms with E-state index in [0.717, 1.165) is 32.3 Å². The number of nitrogens with zero attached hydrogens (tertiary/aromatic N) is 3. The number of aromatic nitrogens is 3. The van der Waals surface area contributed by atoms with Gasteiger partial charge in [-0.2, -0.15) is 9.78 Å². The van der Waals surface area contributed by atoms with Crippen molar-refractivity contribution in [2.24, 2.45) is 0 Å². The number of thioether (sulfide) groups is 1. The van der Waals surface area contributed by atoms with Crippen LogP contribution < -0.4 is 14.8 Å². The van der Waals surface area contributed by atoms with Gasteiger partial charge in [-0.1, -0.05) is 11.3 Å². The summed E-state index contributed by atoms with van der Waals surface area (Å²) in [6.07, 6.45) is 0.387. The van der Waals surface area contributed by atoms with Crippen molar-refractivity contribution in [3.63, 3.8) is 0 Å². The van der Waals surface area contributed by atoms with E-state index in [2.05, 4.69) is 15.4 Å². The number of anilines is 1. The molecule has 2 aromatic heterocycles. The summed E-state index contributed by atoms with van der Waals surface area (Å²) in [4.78, 5) is 18.3. The average molecular weight is 455 g/mol. The SMILES string of the molecule is COc1ccc(SCCC(=O)Nc2cc(C)nn2-c2nc3cc(OC)ccc3s2)cc1. The van der Waals surface area contributed by atoms with Gasteiger partial charge in [0, 0.05) is 29.2 Å². The lowest BCUT2D eigenvalue weighted by Crippen LogP contribution is -2.15. The van der Waals surface area contributed by atoms with Crippen molar-refractivity contribution in [3.8, 4) is 16.6 Å². The highest BCUT2D eigenvalue weighted by molar-refractivity contribution is 7.99. The highest BCUT2D eigenvalue weighted by Crippen LogP contribution is 2.30. The van der Waals surface area contributed by atoms with Crippen molar-refractivity contribution in [2.45, 2.75) is 18.2 Å². The maximum absolute atomic E-state index is 12.5. The number of amides is 1. The molecule has 0 bridgehead atoms. The molecule has 31 heavy (non-hydrogen) atoms. The molecule has 0 radical (unpaired) electrons. The minimum atomic E-state index is -0.0649. The van der Waals surface area contributed by atoms with Crippen LogP contribution in [0.4, 0.5) is 5.82 Å². The van der Waals surface area contributed by atoms with Gasteiger partial charge in [0.15, 0.2) is 0 Å². The molecule has 0 aliphatic rings. The number of benzene rings is 2. The van der Waals surface area contributed by atoms with Crippen LogP contribution in [0.3, 0.4) is 0 Å². The Morgan fingerprint density at radius 3 is 2.58 bits per heavy atom. The summed E-state index contributed by atoms with van der Waals surface area (Å²) in [5, 5.41) is 8.18. The van der Waals surface area contributed by atoms with E-state index >= 15 is 0 Å². The zero-order valence-electron chi connectivity index (χ0n) is 17.4. The van der Waals surface area contributed by atoms with Crippen LogP contribution in [0.5, 0.6) is 11.5 Å². The van der Waals surface area contributed by atoms with Crippen LogP contribution in [0.15, 0.2) is 53.4 Å². The van der Waals surface area contributed by atoms with Gasteiger partial charge in [-0.3, -0.25) is 4.79 Å². The average Bonchev–Trinajstić information content (AvgIpc) is 3.36. The van der Waals surface area contributed by atoms with Crippen LogP contribution in [0.25, 0.3) is 15.3 Å². The molecule has 0 atom stereocenters. The Morgan fingerprint density at radius 2 is 1.84 bits per heavy atom. The first-order valence-corrected chi connectivity index (χ1v) is 11.4. The maximum Gasteiger partial charge on any atom is 0.226 e. The number of hydrogen-bond acceptors (Lipinski definition) is 7. The molecule has 0 spiro atoms. The molecule has 2 heterocycles. The zero-order valence-corrected chi connectivity index (χ0v) is 19.0. The molecule has 4 aromatic rings. The van der Waals surface area contributed by atoms with Gasteiger partial charge in [0.05, 0.1) is 30.1 Å². The number of methoxy groups -OCH3 is 2. The van der Waals surface area contributed by atoms with Crippen LogP contribution in [-0.4, -0.2) is 40.6 Å². The topological polar surface area (TPSA) is 78.3 Å². The molecule has 4 rings (SSSR count). The second-order valence-corrected chi connectivity index (χ2v) is 8.91. The molecule has 1 N–H and O–H groups in total. The van der Waals surface area contributed by atoms with Gasteiger partial charge in [-0.05, 0) is 43.3 Å². The van der Waals surface area contributed by atoms with Crippen LogP contribution >= 0.6 is 23.1 Å². The lowest BCUT2D eigenvalue weighted by molar-refractivity contribution is -0.115. The molecule has 0 saturated heterocycles. The fraction of sp³-hybridized carbons (Fsp3) is 0.227. The summed E-state index contributed by atoms with van der Waals surface area (Å²) in [5.41, 5.74) is 1.64. The van der Waals surface area contributed by atoms with Crippen molar-refractivity contribution in [1.29, 1.82) is 0 Å². The lowest BCUT2D eigenvalue weighted by atomic mass is 10.3. The highest BCUT2D eigenvalue weighted by Gasteiger charge is 2.15. The van der Waals surface area contributed by atoms with E-state index in [1.807, 2.05) is 55.5 Å². The quantitative estimate of drug-likeness (QED) is 0.381. The van der Waals surface area contributed by atoms with Crippen molar-refractivity contribution >= 4 is 45.0 Å². The van der Waals surface area contributed by atoms with Gasteiger partial charge in [0.2, 0.25) is 11.0 Å². The summed E-state index contributed by atoms with van der Waals surface area (Å²) >= 11 is 3.14. The van der Waals surface area contributed by atoms with Crippen molar-refractivity contribution in [2.75, 3.05) is 25.3 Å². The summed E-state index contributed by atoms with van der Waals surface area (Å²) in [6, 6.07) is 15.4. The summed E-state index contributed by atoms with van der Waals surface area (Å²) < 4.78 is 13.1. The first-order chi connectivity index (χ1) is 15.1. The standard InChI is InChI=1S/C22H22N4O3S2/c1-14-12-20(24-21(27)10-11-30-17-7-4-15(28-2)5-8-17)26(25-14)22-23-18-13-16(29-3)6-9-19(18)31-22/h4-9,12-13H,10-11H2,1-3H3,(H,24,27). The van der Waals surface area contributed by atoms with E-state index in [-0.39, 0.29) is 5.91 Å². The van der Waals surface area contributed by atoms with E-state index in [9.17, 15) is 4.79 Å². The third-order valence-corrected chi connectivity index (χ3v) is 6.55. The second-order valence-electron chi connectivity index (χ2n) is 6.74. The molecule has 0 unspecified atom stereocenters. The first kappa shape index (κ1) is 21.2. The molecule has 9 heteroatoms. The first-order valence-electron chi connectivity index (χ1n) is 9.64. The smallest absolute Gasteiger partial charge is 0.226 e. The Labute approximate surface area is 188 Å². The summed E-state index contributed by atoms with van der Waals surface area (Å²) in [5.74, 6) is 2.79. The molecule has 0 aliphatic heterocycles. The van der Waals surface area contributed by atoms with Gasteiger partial charge < -0.3 is 14.8 Å². The predicted molar refractivity (Wildman–Crippen MR) is 125 cm³/mol. The Bertz CT molecular complexity index is 1200. The van der Waals surface area contributed by atoms with E-state index in [1.165, 1.54) is 11.3 Å². The van der Waals surface area contributed by atoms with E-state index in [1.54, 1.807) is 30.7 Å². The minimum Gasteiger partial charge on any atom is -0.497 e. The molecule has 0 aliphatic carbocycles. The minimum absolute atomic E-state index is 0.0649. The van der Waals surface area contributed by atoms with Crippen molar-refractivity contribution in [3.05, 3.63) is 54.2 Å². The zero-order chi connectivity index (χ0) is 21.8. The number of carbonyl (C=O) groups is 1. The fourth-order valence-corrected chi connectivity index (χ4v) is 4.75. The Kier molecular flexibility index (Phi) is 6.43. The number of ether oxygens (including phenoxy) is 2. The van der Waals surface area contributed by atoms with E-state index in [0.29, 0.717) is 23.1 Å². The molecule has 0 saturated carbocycles. The van der Waals surface area contributed by atoms with Gasteiger partial charge >= 0.3 is 0 Å². The third-order valence-electron chi connectivity index (χ3n) is 4.52. The number of nitrogens with one attached hydrogen (secondary N) is 1. The van der Waals surface area contributed by atoms with Gasteiger partial charge in [-0.15, -0.1) is 11.8 Å². The number of aryl methyl sites for hydroxylation is 1. The monoisotopic (exact) mass is 454 g/mol. The molecule has 0 fully saturated rings. The van der Waals surface area contributed by atoms with Crippen LogP contribution in [-0.2, 0) is 4.79 Å². The van der Waals surface area contributed by atoms with Crippen molar-refractivity contribution in [1.82, 2.24) is 14.8 Å². The van der Waals surface area contributed by atoms with Crippen LogP contribution in [0, 0.1) is 6.92 Å². The number of carbonyl (C=O) groups excluding carboxylic acids is 1. The number of rotatable bonds is 8. The summed E-state index contributed by atoms with van der Waals surface area (Å²) in [6.45, 7) is 1.89. The lowest BCUT2D eigenvalue weighted by Gasteiger charge is -2.07. The Hall–Kier alpha value is -3.04. The molecule has 2 aromatic carbocycles. The third kappa shape index (κ3) is 5.00. The van der Waals surface area contributed by atoms with Gasteiger partial charge in [-0.25, -0.2) is 4.98 Å². The summed E-state index contributed by atoms with van der Waals surface area (Å²) in [7, 11) is 3.27. The Balaban J connectivity index is 1.42. The molecular weight excluding hydrogens is 432 g/mol. The molecule has 1 amide bonds. The fourth-order valence-electron chi connectivity index (χ4n) is 2.99.